The number of anilines is 1. The van der Waals surface area contributed by atoms with Crippen LogP contribution in [0.3, 0.4) is 0 Å². The molecule has 1 aliphatic heterocycles. The molecule has 0 saturated heterocycles. The Balaban J connectivity index is 1.36. The van der Waals surface area contributed by atoms with Crippen LogP contribution in [-0.4, -0.2) is 28.0 Å². The molecule has 9 nitrogen and oxygen atoms in total. The molecule has 1 aliphatic rings. The molecule has 2 heterocycles. The van der Waals surface area contributed by atoms with Crippen molar-refractivity contribution in [2.75, 3.05) is 5.32 Å². The number of urea groups is 1. The number of hydrogen-bond acceptors (Lipinski definition) is 4. The molecule has 1 aromatic heterocycles. The fourth-order valence-corrected chi connectivity index (χ4v) is 4.92. The van der Waals surface area contributed by atoms with E-state index >= 15 is 0 Å². The Morgan fingerprint density at radius 2 is 1.80 bits per heavy atom. The highest BCUT2D eigenvalue weighted by atomic mass is 19.1. The summed E-state index contributed by atoms with van der Waals surface area (Å²) in [5.41, 5.74) is 5.80. The van der Waals surface area contributed by atoms with Gasteiger partial charge in [-0.05, 0) is 78.9 Å². The van der Waals surface area contributed by atoms with Gasteiger partial charge in [-0.1, -0.05) is 24.3 Å². The van der Waals surface area contributed by atoms with E-state index in [2.05, 4.69) is 31.5 Å². The van der Waals surface area contributed by atoms with Crippen molar-refractivity contribution in [3.8, 4) is 0 Å². The van der Waals surface area contributed by atoms with E-state index in [4.69, 9.17) is 0 Å². The molecule has 0 spiro atoms. The summed E-state index contributed by atoms with van der Waals surface area (Å²) in [7, 11) is 0. The van der Waals surface area contributed by atoms with Gasteiger partial charge in [0.2, 0.25) is 5.91 Å². The second-order valence-electron chi connectivity index (χ2n) is 9.87. The van der Waals surface area contributed by atoms with E-state index < -0.39 is 23.8 Å². The predicted octanol–water partition coefficient (Wildman–Crippen LogP) is 4.44. The zero-order valence-electron chi connectivity index (χ0n) is 22.3. The highest BCUT2D eigenvalue weighted by Crippen LogP contribution is 2.29. The number of allylic oxidation sites excluding steroid dienone is 1. The van der Waals surface area contributed by atoms with Gasteiger partial charge in [-0.25, -0.2) is 9.18 Å². The summed E-state index contributed by atoms with van der Waals surface area (Å²) < 4.78 is 14.8. The number of nitrogens with one attached hydrogen (secondary N) is 5. The van der Waals surface area contributed by atoms with Crippen LogP contribution in [0.1, 0.15) is 40.8 Å². The largest absolute Gasteiger partial charge is 0.352 e. The highest BCUT2D eigenvalue weighted by molar-refractivity contribution is 6.07. The normalized spacial score (nSPS) is 15.0. The molecule has 4 amide bonds. The van der Waals surface area contributed by atoms with E-state index in [9.17, 15) is 18.8 Å². The van der Waals surface area contributed by atoms with Crippen LogP contribution in [-0.2, 0) is 22.6 Å². The molecule has 204 valence electrons. The highest BCUT2D eigenvalue weighted by Gasteiger charge is 2.32. The molecular formula is C30H29FN6O3. The minimum Gasteiger partial charge on any atom is -0.352 e. The first-order valence-corrected chi connectivity index (χ1v) is 12.8. The van der Waals surface area contributed by atoms with Crippen LogP contribution in [0.15, 0.2) is 72.1 Å². The summed E-state index contributed by atoms with van der Waals surface area (Å²) in [6.45, 7) is 5.92. The molecule has 10 heteroatoms. The molecule has 4 aromatic rings. The topological polar surface area (TPSA) is 128 Å². The number of hydrogen-bond donors (Lipinski definition) is 5. The number of benzene rings is 3. The maximum absolute atomic E-state index is 14.8. The minimum atomic E-state index is -0.858. The number of fused-ring (bicyclic) bond motifs is 1. The molecule has 1 atom stereocenters. The quantitative estimate of drug-likeness (QED) is 0.237. The van der Waals surface area contributed by atoms with Gasteiger partial charge in [-0.2, -0.15) is 5.10 Å². The number of aromatic amines is 1. The average Bonchev–Trinajstić information content (AvgIpc) is 3.37. The van der Waals surface area contributed by atoms with Gasteiger partial charge < -0.3 is 21.3 Å². The SMILES string of the molecule is CC1=C(C(=O)Nc2ccc3[nH]ncc3c2)C(c2ccc(F)c(CC(=O)NCc3c(C)cccc3C)c2)NC(=O)N1. The molecule has 0 bridgehead atoms. The van der Waals surface area contributed by atoms with Gasteiger partial charge in [0.25, 0.3) is 5.91 Å². The first-order valence-electron chi connectivity index (χ1n) is 12.8. The second-order valence-corrected chi connectivity index (χ2v) is 9.87. The summed E-state index contributed by atoms with van der Waals surface area (Å²) >= 11 is 0. The Hall–Kier alpha value is -4.99. The summed E-state index contributed by atoms with van der Waals surface area (Å²) in [4.78, 5) is 38.6. The van der Waals surface area contributed by atoms with Gasteiger partial charge in [0.05, 0.1) is 29.7 Å². The number of carbonyl (C=O) groups excluding carboxylic acids is 3. The third-order valence-electron chi connectivity index (χ3n) is 7.07. The third-order valence-corrected chi connectivity index (χ3v) is 7.07. The van der Waals surface area contributed by atoms with Crippen molar-refractivity contribution in [2.24, 2.45) is 0 Å². The van der Waals surface area contributed by atoms with Gasteiger partial charge in [0.15, 0.2) is 0 Å². The van der Waals surface area contributed by atoms with Crippen LogP contribution >= 0.6 is 0 Å². The number of rotatable bonds is 7. The van der Waals surface area contributed by atoms with Gasteiger partial charge in [0.1, 0.15) is 5.82 Å². The fraction of sp³-hybridized carbons (Fsp3) is 0.200. The first-order chi connectivity index (χ1) is 19.2. The Bertz CT molecular complexity index is 1650. The van der Waals surface area contributed by atoms with Crippen molar-refractivity contribution < 1.29 is 18.8 Å². The molecule has 0 radical (unpaired) electrons. The summed E-state index contributed by atoms with van der Waals surface area (Å²) in [5, 5.41) is 18.8. The lowest BCUT2D eigenvalue weighted by atomic mass is 9.93. The van der Waals surface area contributed by atoms with Crippen molar-refractivity contribution in [1.29, 1.82) is 0 Å². The van der Waals surface area contributed by atoms with E-state index in [1.54, 1.807) is 31.3 Å². The van der Waals surface area contributed by atoms with Crippen molar-refractivity contribution in [1.82, 2.24) is 26.1 Å². The van der Waals surface area contributed by atoms with Crippen LogP contribution in [0.25, 0.3) is 10.9 Å². The third kappa shape index (κ3) is 5.56. The monoisotopic (exact) mass is 540 g/mol. The average molecular weight is 541 g/mol. The van der Waals surface area contributed by atoms with Crippen molar-refractivity contribution in [3.63, 3.8) is 0 Å². The van der Waals surface area contributed by atoms with Crippen molar-refractivity contribution in [2.45, 2.75) is 39.8 Å². The van der Waals surface area contributed by atoms with Gasteiger partial charge in [0, 0.05) is 23.3 Å². The van der Waals surface area contributed by atoms with E-state index in [0.717, 1.165) is 27.6 Å². The van der Waals surface area contributed by atoms with Gasteiger partial charge in [-0.3, -0.25) is 14.7 Å². The predicted molar refractivity (Wildman–Crippen MR) is 150 cm³/mol. The first kappa shape index (κ1) is 26.6. The summed E-state index contributed by atoms with van der Waals surface area (Å²) in [6.07, 6.45) is 1.46. The van der Waals surface area contributed by atoms with Crippen LogP contribution in [0.5, 0.6) is 0 Å². The molecule has 3 aromatic carbocycles. The lowest BCUT2D eigenvalue weighted by Crippen LogP contribution is -2.46. The van der Waals surface area contributed by atoms with E-state index in [-0.39, 0.29) is 23.5 Å². The number of nitrogens with zero attached hydrogens (tertiary/aromatic N) is 1. The van der Waals surface area contributed by atoms with Crippen molar-refractivity contribution in [3.05, 3.63) is 106 Å². The number of amides is 4. The maximum atomic E-state index is 14.8. The summed E-state index contributed by atoms with van der Waals surface area (Å²) in [6, 6.07) is 14.1. The zero-order chi connectivity index (χ0) is 28.4. The second kappa shape index (κ2) is 11.0. The molecular weight excluding hydrogens is 511 g/mol. The summed E-state index contributed by atoms with van der Waals surface area (Å²) in [5.74, 6) is -1.33. The van der Waals surface area contributed by atoms with Gasteiger partial charge >= 0.3 is 6.03 Å². The Labute approximate surface area is 230 Å². The number of halogens is 1. The van der Waals surface area contributed by atoms with E-state index in [1.807, 2.05) is 32.0 Å². The molecule has 0 fully saturated rings. The van der Waals surface area contributed by atoms with Crippen LogP contribution in [0, 0.1) is 19.7 Å². The molecule has 0 saturated carbocycles. The number of aryl methyl sites for hydroxylation is 2. The maximum Gasteiger partial charge on any atom is 0.319 e. The van der Waals surface area contributed by atoms with Gasteiger partial charge in [-0.15, -0.1) is 0 Å². The molecule has 5 N–H and O–H groups in total. The zero-order valence-corrected chi connectivity index (χ0v) is 22.3. The number of carbonyl (C=O) groups is 3. The Morgan fingerprint density at radius 1 is 1.02 bits per heavy atom. The standard InChI is InChI=1S/C30H29FN6O3/c1-16-5-4-6-17(2)23(16)15-32-26(38)13-20-11-19(7-9-24(20)31)28-27(18(3)34-30(40)36-28)29(39)35-22-8-10-25-21(12-22)14-33-37-25/h4-12,14,28H,13,15H2,1-3H3,(H,32,38)(H,33,37)(H,35,39)(H2,34,36,40). The van der Waals surface area contributed by atoms with Crippen LogP contribution in [0.2, 0.25) is 0 Å². The Morgan fingerprint density at radius 3 is 2.58 bits per heavy atom. The fourth-order valence-electron chi connectivity index (χ4n) is 4.92. The molecule has 40 heavy (non-hydrogen) atoms. The molecule has 1 unspecified atom stereocenters. The van der Waals surface area contributed by atoms with E-state index in [1.165, 1.54) is 18.2 Å². The smallest absolute Gasteiger partial charge is 0.319 e. The molecule has 0 aliphatic carbocycles. The Kier molecular flexibility index (Phi) is 7.33. The van der Waals surface area contributed by atoms with Crippen molar-refractivity contribution >= 4 is 34.4 Å². The van der Waals surface area contributed by atoms with E-state index in [0.29, 0.717) is 23.5 Å². The molecule has 5 rings (SSSR count). The number of H-pyrrole nitrogens is 1. The minimum absolute atomic E-state index is 0.159. The van der Waals surface area contributed by atoms with Crippen LogP contribution in [0.4, 0.5) is 14.9 Å². The number of aromatic nitrogens is 2. The lowest BCUT2D eigenvalue weighted by Gasteiger charge is -2.29. The lowest BCUT2D eigenvalue weighted by molar-refractivity contribution is -0.120. The van der Waals surface area contributed by atoms with Crippen LogP contribution < -0.4 is 21.3 Å².